The third-order valence-corrected chi connectivity index (χ3v) is 2.89. The molecule has 0 saturated heterocycles. The maximum absolute atomic E-state index is 13.1. The maximum Gasteiger partial charge on any atom is 0.253 e. The van der Waals surface area contributed by atoms with E-state index in [1.807, 2.05) is 18.2 Å². The van der Waals surface area contributed by atoms with Gasteiger partial charge in [0.25, 0.3) is 5.91 Å². The van der Waals surface area contributed by atoms with E-state index in [1.165, 1.54) is 12.1 Å². The Morgan fingerprint density at radius 3 is 2.80 bits per heavy atom. The lowest BCUT2D eigenvalue weighted by Crippen LogP contribution is -2.24. The van der Waals surface area contributed by atoms with E-state index < -0.39 is 11.7 Å². The van der Waals surface area contributed by atoms with Crippen molar-refractivity contribution in [2.24, 2.45) is 0 Å². The summed E-state index contributed by atoms with van der Waals surface area (Å²) in [7, 11) is 1.56. The van der Waals surface area contributed by atoms with Crippen LogP contribution in [-0.4, -0.2) is 13.0 Å². The quantitative estimate of drug-likeness (QED) is 0.841. The molecule has 0 aliphatic rings. The van der Waals surface area contributed by atoms with Gasteiger partial charge in [0.15, 0.2) is 0 Å². The van der Waals surface area contributed by atoms with Crippen molar-refractivity contribution in [2.75, 3.05) is 12.8 Å². The second kappa shape index (κ2) is 6.06. The standard InChI is InChI=1S/C15H15FN2O2/c1-20-14-5-3-2-4-10(14)9-18-15(19)12-8-11(16)6-7-13(12)17/h2-8H,9,17H2,1H3,(H,18,19). The van der Waals surface area contributed by atoms with E-state index in [-0.39, 0.29) is 17.8 Å². The van der Waals surface area contributed by atoms with Crippen molar-refractivity contribution in [1.82, 2.24) is 5.32 Å². The zero-order valence-electron chi connectivity index (χ0n) is 11.0. The first-order valence-electron chi connectivity index (χ1n) is 6.07. The normalized spacial score (nSPS) is 10.1. The van der Waals surface area contributed by atoms with Crippen LogP contribution in [0, 0.1) is 5.82 Å². The van der Waals surface area contributed by atoms with E-state index in [1.54, 1.807) is 13.2 Å². The summed E-state index contributed by atoms with van der Waals surface area (Å²) in [5.41, 5.74) is 6.86. The van der Waals surface area contributed by atoms with Gasteiger partial charge in [-0.05, 0) is 24.3 Å². The minimum absolute atomic E-state index is 0.125. The molecule has 2 rings (SSSR count). The van der Waals surface area contributed by atoms with Gasteiger partial charge in [0.2, 0.25) is 0 Å². The number of carbonyl (C=O) groups is 1. The van der Waals surface area contributed by atoms with Gasteiger partial charge in [-0.3, -0.25) is 4.79 Å². The zero-order valence-corrected chi connectivity index (χ0v) is 11.0. The summed E-state index contributed by atoms with van der Waals surface area (Å²) in [6, 6.07) is 11.0. The van der Waals surface area contributed by atoms with Crippen LogP contribution in [-0.2, 0) is 6.54 Å². The Hall–Kier alpha value is -2.56. The molecule has 20 heavy (non-hydrogen) atoms. The van der Waals surface area contributed by atoms with E-state index in [0.29, 0.717) is 5.75 Å². The first-order valence-corrected chi connectivity index (χ1v) is 6.07. The highest BCUT2D eigenvalue weighted by atomic mass is 19.1. The number of amides is 1. The Labute approximate surface area is 116 Å². The SMILES string of the molecule is COc1ccccc1CNC(=O)c1cc(F)ccc1N. The minimum Gasteiger partial charge on any atom is -0.496 e. The van der Waals surface area contributed by atoms with Crippen LogP contribution in [0.1, 0.15) is 15.9 Å². The second-order valence-corrected chi connectivity index (χ2v) is 4.23. The maximum atomic E-state index is 13.1. The van der Waals surface area contributed by atoms with Gasteiger partial charge in [0.1, 0.15) is 11.6 Å². The van der Waals surface area contributed by atoms with Gasteiger partial charge in [-0.25, -0.2) is 4.39 Å². The van der Waals surface area contributed by atoms with E-state index in [9.17, 15) is 9.18 Å². The van der Waals surface area contributed by atoms with Crippen molar-refractivity contribution in [1.29, 1.82) is 0 Å². The molecule has 2 aromatic carbocycles. The summed E-state index contributed by atoms with van der Waals surface area (Å²) >= 11 is 0. The topological polar surface area (TPSA) is 64.3 Å². The first-order chi connectivity index (χ1) is 9.61. The second-order valence-electron chi connectivity index (χ2n) is 4.23. The van der Waals surface area contributed by atoms with E-state index in [2.05, 4.69) is 5.32 Å². The number of halogens is 1. The van der Waals surface area contributed by atoms with Crippen LogP contribution >= 0.6 is 0 Å². The number of carbonyl (C=O) groups excluding carboxylic acids is 1. The Balaban J connectivity index is 2.11. The molecule has 0 fully saturated rings. The molecule has 0 aromatic heterocycles. The summed E-state index contributed by atoms with van der Waals surface area (Å²) in [6.07, 6.45) is 0. The first kappa shape index (κ1) is 13.9. The number of hydrogen-bond acceptors (Lipinski definition) is 3. The summed E-state index contributed by atoms with van der Waals surface area (Å²) in [5, 5.41) is 2.69. The predicted molar refractivity (Wildman–Crippen MR) is 75.0 cm³/mol. The number of rotatable bonds is 4. The van der Waals surface area contributed by atoms with Gasteiger partial charge in [0.05, 0.1) is 12.7 Å². The van der Waals surface area contributed by atoms with Crippen molar-refractivity contribution < 1.29 is 13.9 Å². The fourth-order valence-electron chi connectivity index (χ4n) is 1.84. The van der Waals surface area contributed by atoms with E-state index in [0.717, 1.165) is 11.6 Å². The molecular weight excluding hydrogens is 259 g/mol. The van der Waals surface area contributed by atoms with Crippen molar-refractivity contribution in [3.8, 4) is 5.75 Å². The van der Waals surface area contributed by atoms with Gasteiger partial charge in [-0.15, -0.1) is 0 Å². The summed E-state index contributed by atoms with van der Waals surface area (Å²) in [5.74, 6) is -0.241. The number of benzene rings is 2. The molecule has 5 heteroatoms. The molecule has 104 valence electrons. The number of nitrogen functional groups attached to an aromatic ring is 1. The van der Waals surface area contributed by atoms with Gasteiger partial charge >= 0.3 is 0 Å². The molecule has 1 amide bonds. The van der Waals surface area contributed by atoms with Crippen LogP contribution < -0.4 is 15.8 Å². The summed E-state index contributed by atoms with van der Waals surface area (Å²) < 4.78 is 18.3. The fourth-order valence-corrected chi connectivity index (χ4v) is 1.84. The molecule has 0 atom stereocenters. The Kier molecular flexibility index (Phi) is 4.20. The van der Waals surface area contributed by atoms with E-state index in [4.69, 9.17) is 10.5 Å². The van der Waals surface area contributed by atoms with Crippen LogP contribution in [0.3, 0.4) is 0 Å². The summed E-state index contributed by atoms with van der Waals surface area (Å²) in [6.45, 7) is 0.277. The molecule has 0 bridgehead atoms. The van der Waals surface area contributed by atoms with Crippen LogP contribution in [0.4, 0.5) is 10.1 Å². The van der Waals surface area contributed by atoms with Crippen molar-refractivity contribution in [2.45, 2.75) is 6.54 Å². The highest BCUT2D eigenvalue weighted by molar-refractivity contribution is 5.99. The molecule has 0 saturated carbocycles. The van der Waals surface area contributed by atoms with Gasteiger partial charge in [-0.2, -0.15) is 0 Å². The molecule has 0 aliphatic heterocycles. The zero-order chi connectivity index (χ0) is 14.5. The number of hydrogen-bond donors (Lipinski definition) is 2. The van der Waals surface area contributed by atoms with E-state index >= 15 is 0 Å². The largest absolute Gasteiger partial charge is 0.496 e. The van der Waals surface area contributed by atoms with Crippen LogP contribution in [0.2, 0.25) is 0 Å². The van der Waals surface area contributed by atoms with Crippen molar-refractivity contribution >= 4 is 11.6 Å². The molecule has 4 nitrogen and oxygen atoms in total. The molecule has 0 spiro atoms. The molecule has 3 N–H and O–H groups in total. The lowest BCUT2D eigenvalue weighted by molar-refractivity contribution is 0.0951. The number of methoxy groups -OCH3 is 1. The Morgan fingerprint density at radius 1 is 1.30 bits per heavy atom. The van der Waals surface area contributed by atoms with Gasteiger partial charge in [0, 0.05) is 17.8 Å². The molecular formula is C15H15FN2O2. The molecule has 0 aliphatic carbocycles. The molecule has 0 radical (unpaired) electrons. The lowest BCUT2D eigenvalue weighted by atomic mass is 10.1. The van der Waals surface area contributed by atoms with Gasteiger partial charge < -0.3 is 15.8 Å². The predicted octanol–water partition coefficient (Wildman–Crippen LogP) is 2.35. The fraction of sp³-hybridized carbons (Fsp3) is 0.133. The van der Waals surface area contributed by atoms with Crippen molar-refractivity contribution in [3.63, 3.8) is 0 Å². The molecule has 2 aromatic rings. The minimum atomic E-state index is -0.498. The number of nitrogens with two attached hydrogens (primary N) is 1. The number of anilines is 1. The Bertz CT molecular complexity index is 629. The smallest absolute Gasteiger partial charge is 0.253 e. The Morgan fingerprint density at radius 2 is 2.05 bits per heavy atom. The average molecular weight is 274 g/mol. The third-order valence-electron chi connectivity index (χ3n) is 2.89. The molecule has 0 heterocycles. The third kappa shape index (κ3) is 3.06. The summed E-state index contributed by atoms with van der Waals surface area (Å²) in [4.78, 5) is 12.0. The van der Waals surface area contributed by atoms with Crippen LogP contribution in [0.5, 0.6) is 5.75 Å². The number of ether oxygens (including phenoxy) is 1. The lowest BCUT2D eigenvalue weighted by Gasteiger charge is -2.10. The van der Waals surface area contributed by atoms with Crippen molar-refractivity contribution in [3.05, 3.63) is 59.4 Å². The monoisotopic (exact) mass is 274 g/mol. The highest BCUT2D eigenvalue weighted by Gasteiger charge is 2.11. The van der Waals surface area contributed by atoms with Crippen LogP contribution in [0.15, 0.2) is 42.5 Å². The van der Waals surface area contributed by atoms with Gasteiger partial charge in [-0.1, -0.05) is 18.2 Å². The number of para-hydroxylation sites is 1. The average Bonchev–Trinajstić information content (AvgIpc) is 2.47. The number of nitrogens with one attached hydrogen (secondary N) is 1. The van der Waals surface area contributed by atoms with Crippen LogP contribution in [0.25, 0.3) is 0 Å². The highest BCUT2D eigenvalue weighted by Crippen LogP contribution is 2.18. The molecule has 0 unspecified atom stereocenters.